The highest BCUT2D eigenvalue weighted by Crippen LogP contribution is 2.13. The van der Waals surface area contributed by atoms with Gasteiger partial charge in [0, 0.05) is 7.05 Å². The number of nitrogens with two attached hydrogens (primary N) is 1. The summed E-state index contributed by atoms with van der Waals surface area (Å²) in [6, 6.07) is 8.58. The van der Waals surface area contributed by atoms with Crippen molar-refractivity contribution in [2.75, 3.05) is 5.32 Å². The molecule has 0 aliphatic heterocycles. The van der Waals surface area contributed by atoms with Crippen molar-refractivity contribution >= 4 is 24.0 Å². The standard InChI is InChI=1S/C14H18N4O2.ClH/c1-9(15)13(19)16-12-10(2)17(3)18(14(12)20)11-7-5-4-6-8-11;/h4-9H,15H2,1-3H3,(H,16,19);1H/t9-;/m0./s1. The number of nitrogens with one attached hydrogen (secondary N) is 1. The number of para-hydroxylation sites is 1. The normalized spacial score (nSPS) is 11.6. The van der Waals surface area contributed by atoms with E-state index >= 15 is 0 Å². The molecule has 1 aromatic carbocycles. The highest BCUT2D eigenvalue weighted by Gasteiger charge is 2.19. The number of rotatable bonds is 3. The van der Waals surface area contributed by atoms with E-state index in [1.165, 1.54) is 4.68 Å². The third kappa shape index (κ3) is 3.17. The third-order valence-corrected chi connectivity index (χ3v) is 3.22. The van der Waals surface area contributed by atoms with Crippen LogP contribution in [0.5, 0.6) is 0 Å². The summed E-state index contributed by atoms with van der Waals surface area (Å²) < 4.78 is 3.21. The molecular formula is C14H19ClN4O2. The summed E-state index contributed by atoms with van der Waals surface area (Å²) in [5.41, 5.74) is 6.92. The molecule has 114 valence electrons. The maximum atomic E-state index is 12.5. The second-order valence-corrected chi connectivity index (χ2v) is 4.71. The van der Waals surface area contributed by atoms with E-state index in [-0.39, 0.29) is 29.6 Å². The molecule has 0 aliphatic rings. The topological polar surface area (TPSA) is 82.1 Å². The Kier molecular flexibility index (Phi) is 5.34. The molecule has 3 N–H and O–H groups in total. The van der Waals surface area contributed by atoms with Crippen molar-refractivity contribution in [2.45, 2.75) is 19.9 Å². The van der Waals surface area contributed by atoms with Gasteiger partial charge in [-0.25, -0.2) is 4.68 Å². The van der Waals surface area contributed by atoms with Crippen LogP contribution in [0.2, 0.25) is 0 Å². The Bertz CT molecular complexity index is 689. The molecule has 0 bridgehead atoms. The van der Waals surface area contributed by atoms with Gasteiger partial charge in [0.05, 0.1) is 17.4 Å². The minimum atomic E-state index is -0.667. The van der Waals surface area contributed by atoms with Gasteiger partial charge < -0.3 is 11.1 Å². The Morgan fingerprint density at radius 1 is 1.29 bits per heavy atom. The highest BCUT2D eigenvalue weighted by molar-refractivity contribution is 5.94. The molecule has 7 heteroatoms. The molecule has 0 fully saturated rings. The van der Waals surface area contributed by atoms with Crippen molar-refractivity contribution in [1.29, 1.82) is 0 Å². The molecule has 1 aromatic heterocycles. The van der Waals surface area contributed by atoms with Gasteiger partial charge in [-0.15, -0.1) is 12.4 Å². The molecule has 1 heterocycles. The molecule has 0 radical (unpaired) electrons. The summed E-state index contributed by atoms with van der Waals surface area (Å²) in [4.78, 5) is 24.1. The number of amides is 1. The molecule has 1 amide bonds. The zero-order valence-electron chi connectivity index (χ0n) is 12.2. The molecule has 0 saturated carbocycles. The molecule has 6 nitrogen and oxygen atoms in total. The Morgan fingerprint density at radius 3 is 2.38 bits per heavy atom. The molecule has 0 aliphatic carbocycles. The van der Waals surface area contributed by atoms with Gasteiger partial charge in [0.25, 0.3) is 5.56 Å². The number of halogens is 1. The van der Waals surface area contributed by atoms with Gasteiger partial charge in [-0.3, -0.25) is 14.3 Å². The Balaban J connectivity index is 0.00000220. The molecule has 2 aromatic rings. The second-order valence-electron chi connectivity index (χ2n) is 4.71. The Hall–Kier alpha value is -2.05. The monoisotopic (exact) mass is 310 g/mol. The van der Waals surface area contributed by atoms with Crippen LogP contribution in [0.3, 0.4) is 0 Å². The van der Waals surface area contributed by atoms with E-state index in [9.17, 15) is 9.59 Å². The van der Waals surface area contributed by atoms with Crippen LogP contribution in [0, 0.1) is 6.92 Å². The Labute approximate surface area is 128 Å². The van der Waals surface area contributed by atoms with Gasteiger partial charge in [-0.2, -0.15) is 0 Å². The molecular weight excluding hydrogens is 292 g/mol. The summed E-state index contributed by atoms with van der Waals surface area (Å²) in [5, 5.41) is 2.59. The average molecular weight is 311 g/mol. The van der Waals surface area contributed by atoms with Crippen molar-refractivity contribution < 1.29 is 4.79 Å². The second kappa shape index (κ2) is 6.60. The van der Waals surface area contributed by atoms with E-state index in [1.54, 1.807) is 25.6 Å². The number of benzene rings is 1. The van der Waals surface area contributed by atoms with Crippen LogP contribution in [0.15, 0.2) is 35.1 Å². The molecule has 1 atom stereocenters. The number of anilines is 1. The van der Waals surface area contributed by atoms with E-state index in [4.69, 9.17) is 5.73 Å². The van der Waals surface area contributed by atoms with Crippen LogP contribution in [-0.2, 0) is 11.8 Å². The van der Waals surface area contributed by atoms with Crippen molar-refractivity contribution in [3.05, 3.63) is 46.4 Å². The lowest BCUT2D eigenvalue weighted by Crippen LogP contribution is -2.34. The maximum Gasteiger partial charge on any atom is 0.295 e. The summed E-state index contributed by atoms with van der Waals surface area (Å²) in [6.07, 6.45) is 0. The predicted molar refractivity (Wildman–Crippen MR) is 85.3 cm³/mol. The fraction of sp³-hybridized carbons (Fsp3) is 0.286. The molecule has 0 unspecified atom stereocenters. The van der Waals surface area contributed by atoms with Crippen LogP contribution in [0.25, 0.3) is 5.69 Å². The van der Waals surface area contributed by atoms with E-state index in [2.05, 4.69) is 5.32 Å². The van der Waals surface area contributed by atoms with Crippen molar-refractivity contribution in [3.63, 3.8) is 0 Å². The van der Waals surface area contributed by atoms with Gasteiger partial charge >= 0.3 is 0 Å². The van der Waals surface area contributed by atoms with Gasteiger partial charge in [-0.05, 0) is 26.0 Å². The number of carbonyl (C=O) groups is 1. The van der Waals surface area contributed by atoms with Crippen LogP contribution in [0.1, 0.15) is 12.6 Å². The van der Waals surface area contributed by atoms with Crippen molar-refractivity contribution in [1.82, 2.24) is 9.36 Å². The van der Waals surface area contributed by atoms with Gasteiger partial charge in [0.2, 0.25) is 5.91 Å². The fourth-order valence-corrected chi connectivity index (χ4v) is 1.95. The lowest BCUT2D eigenvalue weighted by atomic mass is 10.3. The first kappa shape index (κ1) is 17.0. The van der Waals surface area contributed by atoms with Crippen molar-refractivity contribution in [2.24, 2.45) is 12.8 Å². The van der Waals surface area contributed by atoms with Gasteiger partial charge in [0.15, 0.2) is 0 Å². The number of hydrogen-bond acceptors (Lipinski definition) is 3. The third-order valence-electron chi connectivity index (χ3n) is 3.22. The fourth-order valence-electron chi connectivity index (χ4n) is 1.95. The summed E-state index contributed by atoms with van der Waals surface area (Å²) in [7, 11) is 1.77. The number of nitrogens with zero attached hydrogens (tertiary/aromatic N) is 2. The highest BCUT2D eigenvalue weighted by atomic mass is 35.5. The lowest BCUT2D eigenvalue weighted by Gasteiger charge is -2.07. The first-order chi connectivity index (χ1) is 9.43. The summed E-state index contributed by atoms with van der Waals surface area (Å²) in [6.45, 7) is 3.35. The number of aromatic nitrogens is 2. The van der Waals surface area contributed by atoms with E-state index in [1.807, 2.05) is 30.3 Å². The van der Waals surface area contributed by atoms with E-state index in [0.717, 1.165) is 5.69 Å². The first-order valence-corrected chi connectivity index (χ1v) is 6.34. The van der Waals surface area contributed by atoms with Crippen molar-refractivity contribution in [3.8, 4) is 5.69 Å². The molecule has 21 heavy (non-hydrogen) atoms. The van der Waals surface area contributed by atoms with Crippen LogP contribution >= 0.6 is 12.4 Å². The average Bonchev–Trinajstić information content (AvgIpc) is 2.63. The first-order valence-electron chi connectivity index (χ1n) is 6.34. The smallest absolute Gasteiger partial charge is 0.295 e. The molecule has 0 saturated heterocycles. The van der Waals surface area contributed by atoms with Crippen LogP contribution < -0.4 is 16.6 Å². The lowest BCUT2D eigenvalue weighted by molar-refractivity contribution is -0.117. The number of carbonyl (C=O) groups excluding carboxylic acids is 1. The largest absolute Gasteiger partial charge is 0.320 e. The predicted octanol–water partition coefficient (Wildman–Crippen LogP) is 1.19. The van der Waals surface area contributed by atoms with Crippen LogP contribution in [-0.4, -0.2) is 21.3 Å². The zero-order chi connectivity index (χ0) is 14.9. The van der Waals surface area contributed by atoms with Gasteiger partial charge in [-0.1, -0.05) is 18.2 Å². The van der Waals surface area contributed by atoms with E-state index < -0.39 is 6.04 Å². The minimum absolute atomic E-state index is 0. The van der Waals surface area contributed by atoms with Crippen LogP contribution in [0.4, 0.5) is 5.69 Å². The SMILES string of the molecule is Cc1c(NC(=O)[C@H](C)N)c(=O)n(-c2ccccc2)n1C.Cl. The minimum Gasteiger partial charge on any atom is -0.320 e. The number of hydrogen-bond donors (Lipinski definition) is 2. The molecule has 0 spiro atoms. The summed E-state index contributed by atoms with van der Waals surface area (Å²) >= 11 is 0. The quantitative estimate of drug-likeness (QED) is 0.893. The Morgan fingerprint density at radius 2 is 1.86 bits per heavy atom. The van der Waals surface area contributed by atoms with E-state index in [0.29, 0.717) is 5.69 Å². The maximum absolute atomic E-state index is 12.5. The zero-order valence-corrected chi connectivity index (χ0v) is 13.0. The summed E-state index contributed by atoms with van der Waals surface area (Å²) in [5.74, 6) is -0.379. The van der Waals surface area contributed by atoms with Gasteiger partial charge in [0.1, 0.15) is 5.69 Å². The molecule has 2 rings (SSSR count).